The Morgan fingerprint density at radius 3 is 2.83 bits per heavy atom. The summed E-state index contributed by atoms with van der Waals surface area (Å²) < 4.78 is 34.2. The summed E-state index contributed by atoms with van der Waals surface area (Å²) in [5.41, 5.74) is 10.7. The van der Waals surface area contributed by atoms with Crippen LogP contribution in [0.25, 0.3) is 10.4 Å². The molecule has 2 heterocycles. The van der Waals surface area contributed by atoms with Gasteiger partial charge in [0.15, 0.2) is 5.13 Å². The van der Waals surface area contributed by atoms with Gasteiger partial charge >= 0.3 is 0 Å². The molecule has 0 unspecified atom stereocenters. The van der Waals surface area contributed by atoms with E-state index >= 15 is 0 Å². The molecule has 0 atom stereocenters. The summed E-state index contributed by atoms with van der Waals surface area (Å²) in [5, 5.41) is 5.59. The van der Waals surface area contributed by atoms with Crippen LogP contribution in [0.3, 0.4) is 0 Å². The summed E-state index contributed by atoms with van der Waals surface area (Å²) in [7, 11) is -3.78. The van der Waals surface area contributed by atoms with Crippen LogP contribution in [0, 0.1) is 0 Å². The van der Waals surface area contributed by atoms with Crippen LogP contribution < -0.4 is 14.4 Å². The second-order valence-electron chi connectivity index (χ2n) is 5.90. The molecule has 0 radical (unpaired) electrons. The fraction of sp³-hybridized carbons (Fsp3) is 0.118. The molecule has 0 spiro atoms. The number of rotatable bonds is 5. The lowest BCUT2D eigenvalue weighted by atomic mass is 10.2. The highest BCUT2D eigenvalue weighted by atomic mass is 79.9. The van der Waals surface area contributed by atoms with E-state index in [1.54, 1.807) is 23.6 Å². The van der Waals surface area contributed by atoms with Gasteiger partial charge in [0, 0.05) is 32.7 Å². The number of fused-ring (bicyclic) bond motifs is 1. The Labute approximate surface area is 178 Å². The first-order valence-electron chi connectivity index (χ1n) is 8.29. The summed E-state index contributed by atoms with van der Waals surface area (Å²) in [5.74, 6) is 0.462. The van der Waals surface area contributed by atoms with Gasteiger partial charge in [-0.3, -0.25) is 4.72 Å². The standard InChI is InChI=1S/C17H13BrN6O3S2/c18-13-9-11(21-23-19)1-3-14(13)24-6-7-27-16-10-12(2-4-15(16)24)29(25,26)22-17-20-5-8-28-17/h1-5,8-10H,6-7H2,(H,20,22). The molecule has 3 aromatic rings. The highest BCUT2D eigenvalue weighted by molar-refractivity contribution is 9.10. The van der Waals surface area contributed by atoms with Crippen molar-refractivity contribution < 1.29 is 13.2 Å². The van der Waals surface area contributed by atoms with Gasteiger partial charge in [0.1, 0.15) is 12.4 Å². The lowest BCUT2D eigenvalue weighted by Crippen LogP contribution is -2.29. The lowest BCUT2D eigenvalue weighted by Gasteiger charge is -2.32. The van der Waals surface area contributed by atoms with Gasteiger partial charge in [-0.1, -0.05) is 11.2 Å². The van der Waals surface area contributed by atoms with Gasteiger partial charge in [-0.2, -0.15) is 0 Å². The second kappa shape index (κ2) is 7.91. The van der Waals surface area contributed by atoms with Crippen LogP contribution in [-0.4, -0.2) is 26.6 Å². The van der Waals surface area contributed by atoms with Crippen LogP contribution in [0.5, 0.6) is 5.75 Å². The van der Waals surface area contributed by atoms with Crippen molar-refractivity contribution in [1.29, 1.82) is 0 Å². The Morgan fingerprint density at radius 2 is 2.10 bits per heavy atom. The largest absolute Gasteiger partial charge is 0.489 e. The molecular formula is C17H13BrN6O3S2. The van der Waals surface area contributed by atoms with E-state index in [9.17, 15) is 8.42 Å². The van der Waals surface area contributed by atoms with E-state index < -0.39 is 10.0 Å². The maximum Gasteiger partial charge on any atom is 0.263 e. The Kier molecular flexibility index (Phi) is 5.33. The van der Waals surface area contributed by atoms with Gasteiger partial charge in [0.2, 0.25) is 0 Å². The molecule has 148 valence electrons. The van der Waals surface area contributed by atoms with Crippen molar-refractivity contribution in [3.63, 3.8) is 0 Å². The zero-order chi connectivity index (χ0) is 20.4. The highest BCUT2D eigenvalue weighted by Crippen LogP contribution is 2.41. The molecular weight excluding hydrogens is 480 g/mol. The summed E-state index contributed by atoms with van der Waals surface area (Å²) in [4.78, 5) is 8.83. The van der Waals surface area contributed by atoms with E-state index in [2.05, 4.69) is 35.7 Å². The fourth-order valence-electron chi connectivity index (χ4n) is 2.89. The highest BCUT2D eigenvalue weighted by Gasteiger charge is 2.24. The topological polar surface area (TPSA) is 120 Å². The molecule has 1 aromatic heterocycles. The Bertz CT molecular complexity index is 1210. The first-order valence-corrected chi connectivity index (χ1v) is 11.4. The van der Waals surface area contributed by atoms with Crippen LogP contribution in [0.15, 0.2) is 62.5 Å². The molecule has 0 bridgehead atoms. The molecule has 0 amide bonds. The first kappa shape index (κ1) is 19.5. The number of halogens is 1. The molecule has 9 nitrogen and oxygen atoms in total. The minimum absolute atomic E-state index is 0.0890. The van der Waals surface area contributed by atoms with E-state index in [0.29, 0.717) is 29.7 Å². The monoisotopic (exact) mass is 492 g/mol. The van der Waals surface area contributed by atoms with Crippen LogP contribution in [0.4, 0.5) is 22.2 Å². The van der Waals surface area contributed by atoms with Crippen LogP contribution in [-0.2, 0) is 10.0 Å². The molecule has 4 rings (SSSR count). The van der Waals surface area contributed by atoms with Crippen LogP contribution >= 0.6 is 27.3 Å². The number of anilines is 3. The average molecular weight is 493 g/mol. The maximum absolute atomic E-state index is 12.6. The van der Waals surface area contributed by atoms with E-state index in [-0.39, 0.29) is 4.90 Å². The Balaban J connectivity index is 1.68. The third kappa shape index (κ3) is 4.01. The molecule has 0 saturated heterocycles. The molecule has 1 aliphatic heterocycles. The average Bonchev–Trinajstić information content (AvgIpc) is 3.20. The smallest absolute Gasteiger partial charge is 0.263 e. The summed E-state index contributed by atoms with van der Waals surface area (Å²) in [6.45, 7) is 0.969. The van der Waals surface area contributed by atoms with Gasteiger partial charge in [0.25, 0.3) is 10.0 Å². The minimum Gasteiger partial charge on any atom is -0.489 e. The van der Waals surface area contributed by atoms with E-state index in [4.69, 9.17) is 10.3 Å². The quantitative estimate of drug-likeness (QED) is 0.298. The van der Waals surface area contributed by atoms with Crippen LogP contribution in [0.2, 0.25) is 0 Å². The molecule has 29 heavy (non-hydrogen) atoms. The lowest BCUT2D eigenvalue weighted by molar-refractivity contribution is 0.313. The number of nitrogens with zero attached hydrogens (tertiary/aromatic N) is 5. The predicted molar refractivity (Wildman–Crippen MR) is 115 cm³/mol. The number of hydrogen-bond donors (Lipinski definition) is 1. The van der Waals surface area contributed by atoms with Crippen molar-refractivity contribution >= 4 is 59.5 Å². The van der Waals surface area contributed by atoms with Gasteiger partial charge < -0.3 is 9.64 Å². The molecule has 12 heteroatoms. The molecule has 0 aliphatic carbocycles. The number of aromatic nitrogens is 1. The molecule has 1 N–H and O–H groups in total. The van der Waals surface area contributed by atoms with Gasteiger partial charge in [-0.05, 0) is 45.7 Å². The normalized spacial score (nSPS) is 13.2. The zero-order valence-electron chi connectivity index (χ0n) is 14.7. The second-order valence-corrected chi connectivity index (χ2v) is 9.33. The summed E-state index contributed by atoms with van der Waals surface area (Å²) in [6.07, 6.45) is 1.53. The summed E-state index contributed by atoms with van der Waals surface area (Å²) in [6, 6.07) is 10.0. The maximum atomic E-state index is 12.6. The third-order valence-corrected chi connectivity index (χ3v) is 6.93. The SMILES string of the molecule is [N-]=[N+]=Nc1ccc(N2CCOc3cc(S(=O)(=O)Nc4nccs4)ccc32)c(Br)c1. The van der Waals surface area contributed by atoms with Crippen molar-refractivity contribution in [1.82, 2.24) is 4.98 Å². The number of hydrogen-bond acceptors (Lipinski definition) is 7. The van der Waals surface area contributed by atoms with Crippen molar-refractivity contribution in [2.24, 2.45) is 5.11 Å². The minimum atomic E-state index is -3.78. The number of ether oxygens (including phenoxy) is 1. The van der Waals surface area contributed by atoms with E-state index in [1.165, 1.54) is 29.7 Å². The predicted octanol–water partition coefficient (Wildman–Crippen LogP) is 5.18. The van der Waals surface area contributed by atoms with Crippen molar-refractivity contribution in [2.45, 2.75) is 4.90 Å². The van der Waals surface area contributed by atoms with Crippen molar-refractivity contribution in [3.8, 4) is 5.75 Å². The Hall–Kier alpha value is -2.79. The van der Waals surface area contributed by atoms with Crippen LogP contribution in [0.1, 0.15) is 0 Å². The number of benzene rings is 2. The fourth-order valence-corrected chi connectivity index (χ4v) is 5.28. The number of thiazole rings is 1. The zero-order valence-corrected chi connectivity index (χ0v) is 17.9. The summed E-state index contributed by atoms with van der Waals surface area (Å²) >= 11 is 4.71. The van der Waals surface area contributed by atoms with Crippen molar-refractivity contribution in [3.05, 3.63) is 62.9 Å². The van der Waals surface area contributed by atoms with Gasteiger partial charge in [-0.15, -0.1) is 11.3 Å². The molecule has 0 saturated carbocycles. The van der Waals surface area contributed by atoms with Crippen molar-refractivity contribution in [2.75, 3.05) is 22.8 Å². The molecule has 1 aliphatic rings. The number of nitrogens with one attached hydrogen (secondary N) is 1. The van der Waals surface area contributed by atoms with E-state index in [0.717, 1.165) is 15.8 Å². The number of azide groups is 1. The molecule has 0 fully saturated rings. The Morgan fingerprint density at radius 1 is 1.28 bits per heavy atom. The van der Waals surface area contributed by atoms with E-state index in [1.807, 2.05) is 11.0 Å². The number of sulfonamides is 1. The first-order chi connectivity index (χ1) is 14.0. The third-order valence-electron chi connectivity index (χ3n) is 4.14. The molecule has 2 aromatic carbocycles. The van der Waals surface area contributed by atoms with Gasteiger partial charge in [0.05, 0.1) is 22.8 Å². The van der Waals surface area contributed by atoms with Gasteiger partial charge in [-0.25, -0.2) is 13.4 Å².